The van der Waals surface area contributed by atoms with Crippen LogP contribution in [0.4, 0.5) is 4.79 Å². The van der Waals surface area contributed by atoms with Crippen molar-refractivity contribution in [3.05, 3.63) is 59.7 Å². The number of carboxylic acid groups (broad SMARTS) is 1. The monoisotopic (exact) mass is 464 g/mol. The maximum Gasteiger partial charge on any atom is 0.407 e. The van der Waals surface area contributed by atoms with Crippen LogP contribution in [0.1, 0.15) is 36.3 Å². The van der Waals surface area contributed by atoms with Crippen LogP contribution in [0.25, 0.3) is 11.1 Å². The molecule has 2 aliphatic heterocycles. The Morgan fingerprint density at radius 1 is 0.971 bits per heavy atom. The second kappa shape index (κ2) is 9.46. The van der Waals surface area contributed by atoms with E-state index in [1.807, 2.05) is 24.3 Å². The van der Waals surface area contributed by atoms with Gasteiger partial charge in [0, 0.05) is 25.6 Å². The molecule has 0 radical (unpaired) electrons. The maximum atomic E-state index is 13.0. The number of hydrogen-bond donors (Lipinski definition) is 2. The lowest BCUT2D eigenvalue weighted by atomic mass is 9.96. The normalized spacial score (nSPS) is 22.2. The fraction of sp³-hybridized carbons (Fsp3) is 0.423. The van der Waals surface area contributed by atoms with Crippen molar-refractivity contribution in [3.63, 3.8) is 0 Å². The van der Waals surface area contributed by atoms with Crippen molar-refractivity contribution < 1.29 is 29.0 Å². The van der Waals surface area contributed by atoms with Gasteiger partial charge >= 0.3 is 12.1 Å². The lowest BCUT2D eigenvalue weighted by molar-refractivity contribution is -0.149. The number of aliphatic carboxylic acids is 1. The Labute approximate surface area is 197 Å². The van der Waals surface area contributed by atoms with Crippen LogP contribution in [0.5, 0.6) is 0 Å². The van der Waals surface area contributed by atoms with Crippen LogP contribution in [0, 0.1) is 5.92 Å². The van der Waals surface area contributed by atoms with E-state index >= 15 is 0 Å². The van der Waals surface area contributed by atoms with Gasteiger partial charge in [0.2, 0.25) is 0 Å². The minimum atomic E-state index is -0.820. The number of carbonyl (C=O) groups is 3. The largest absolute Gasteiger partial charge is 0.481 e. The second-order valence-corrected chi connectivity index (χ2v) is 9.09. The number of piperidine rings is 1. The Kier molecular flexibility index (Phi) is 6.24. The lowest BCUT2D eigenvalue weighted by Gasteiger charge is -2.33. The molecule has 2 heterocycles. The number of rotatable bonds is 5. The summed E-state index contributed by atoms with van der Waals surface area (Å²) in [4.78, 5) is 38.4. The van der Waals surface area contributed by atoms with Gasteiger partial charge in [-0.25, -0.2) is 4.79 Å². The highest BCUT2D eigenvalue weighted by Gasteiger charge is 2.40. The van der Waals surface area contributed by atoms with Gasteiger partial charge in [0.15, 0.2) is 6.10 Å². The topological polar surface area (TPSA) is 105 Å². The van der Waals surface area contributed by atoms with Crippen molar-refractivity contribution in [2.75, 3.05) is 26.3 Å². The van der Waals surface area contributed by atoms with Crippen LogP contribution in [-0.4, -0.2) is 66.4 Å². The van der Waals surface area contributed by atoms with Crippen molar-refractivity contribution in [1.29, 1.82) is 0 Å². The maximum absolute atomic E-state index is 13.0. The number of nitrogens with one attached hydrogen (secondary N) is 1. The molecular formula is C26H28N2O6. The van der Waals surface area contributed by atoms with E-state index < -0.39 is 30.1 Å². The summed E-state index contributed by atoms with van der Waals surface area (Å²) in [7, 11) is 0. The first-order valence-electron chi connectivity index (χ1n) is 11.8. The molecule has 5 rings (SSSR count). The van der Waals surface area contributed by atoms with Gasteiger partial charge in [-0.2, -0.15) is 0 Å². The Balaban J connectivity index is 1.18. The summed E-state index contributed by atoms with van der Waals surface area (Å²) in [6, 6.07) is 15.8. The third-order valence-electron chi connectivity index (χ3n) is 7.14. The second-order valence-electron chi connectivity index (χ2n) is 9.09. The number of benzene rings is 2. The van der Waals surface area contributed by atoms with E-state index in [1.165, 1.54) is 0 Å². The van der Waals surface area contributed by atoms with Crippen molar-refractivity contribution in [2.24, 2.45) is 5.92 Å². The highest BCUT2D eigenvalue weighted by Crippen LogP contribution is 2.44. The minimum Gasteiger partial charge on any atom is -0.481 e. The smallest absolute Gasteiger partial charge is 0.407 e. The number of carbonyl (C=O) groups excluding carboxylic acids is 2. The van der Waals surface area contributed by atoms with Crippen LogP contribution in [0.2, 0.25) is 0 Å². The fourth-order valence-corrected chi connectivity index (χ4v) is 5.30. The Bertz CT molecular complexity index is 1050. The molecule has 2 saturated heterocycles. The summed E-state index contributed by atoms with van der Waals surface area (Å²) in [6.45, 7) is 1.34. The van der Waals surface area contributed by atoms with Gasteiger partial charge in [0.1, 0.15) is 6.61 Å². The number of nitrogens with zero attached hydrogens (tertiary/aromatic N) is 1. The zero-order valence-electron chi connectivity index (χ0n) is 18.8. The zero-order chi connectivity index (χ0) is 23.7. The van der Waals surface area contributed by atoms with E-state index in [0.29, 0.717) is 39.0 Å². The highest BCUT2D eigenvalue weighted by molar-refractivity contribution is 5.83. The van der Waals surface area contributed by atoms with E-state index in [2.05, 4.69) is 29.6 Å². The SMILES string of the molecule is O=C(N[C@@H]1CCO[C@@H]1C(=O)N1CCC(C(=O)O)CC1)OCC1c2ccccc2-c2ccccc21. The molecule has 2 fully saturated rings. The molecule has 3 aliphatic rings. The minimum absolute atomic E-state index is 0.0362. The lowest BCUT2D eigenvalue weighted by Crippen LogP contribution is -2.51. The molecule has 0 bridgehead atoms. The van der Waals surface area contributed by atoms with Gasteiger partial charge < -0.3 is 24.8 Å². The predicted molar refractivity (Wildman–Crippen MR) is 123 cm³/mol. The molecule has 34 heavy (non-hydrogen) atoms. The van der Waals surface area contributed by atoms with Crippen molar-refractivity contribution in [2.45, 2.75) is 37.3 Å². The average Bonchev–Trinajstić information content (AvgIpc) is 3.45. The number of alkyl carbamates (subject to hydrolysis) is 1. The summed E-state index contributed by atoms with van der Waals surface area (Å²) in [5.41, 5.74) is 4.60. The molecule has 2 amide bonds. The molecule has 0 saturated carbocycles. The van der Waals surface area contributed by atoms with Crippen molar-refractivity contribution in [1.82, 2.24) is 10.2 Å². The first kappa shape index (κ1) is 22.4. The number of ether oxygens (including phenoxy) is 2. The Morgan fingerprint density at radius 2 is 1.59 bits per heavy atom. The van der Waals surface area contributed by atoms with Gasteiger partial charge in [0.25, 0.3) is 5.91 Å². The molecule has 2 aromatic carbocycles. The number of amides is 2. The summed E-state index contributed by atoms with van der Waals surface area (Å²) < 4.78 is 11.3. The van der Waals surface area contributed by atoms with Gasteiger partial charge in [-0.3, -0.25) is 9.59 Å². The number of carboxylic acids is 1. The predicted octanol–water partition coefficient (Wildman–Crippen LogP) is 3.01. The molecular weight excluding hydrogens is 436 g/mol. The summed E-state index contributed by atoms with van der Waals surface area (Å²) >= 11 is 0. The number of fused-ring (bicyclic) bond motifs is 3. The van der Waals surface area contributed by atoms with E-state index in [1.54, 1.807) is 4.90 Å². The van der Waals surface area contributed by atoms with Crippen LogP contribution in [-0.2, 0) is 19.1 Å². The quantitative estimate of drug-likeness (QED) is 0.705. The Hall–Kier alpha value is -3.39. The van der Waals surface area contributed by atoms with Crippen LogP contribution in [0.3, 0.4) is 0 Å². The van der Waals surface area contributed by atoms with Crippen molar-refractivity contribution >= 4 is 18.0 Å². The Morgan fingerprint density at radius 3 is 2.21 bits per heavy atom. The highest BCUT2D eigenvalue weighted by atomic mass is 16.6. The molecule has 0 aromatic heterocycles. The van der Waals surface area contributed by atoms with E-state index in [4.69, 9.17) is 14.6 Å². The average molecular weight is 465 g/mol. The first-order chi connectivity index (χ1) is 16.5. The molecule has 8 heteroatoms. The van der Waals surface area contributed by atoms with Gasteiger partial charge in [-0.15, -0.1) is 0 Å². The number of likely N-dealkylation sites (tertiary alicyclic amines) is 1. The van der Waals surface area contributed by atoms with E-state index in [9.17, 15) is 14.4 Å². The summed E-state index contributed by atoms with van der Waals surface area (Å²) in [6.07, 6.45) is 0.0320. The first-order valence-corrected chi connectivity index (χ1v) is 11.8. The number of hydrogen-bond acceptors (Lipinski definition) is 5. The van der Waals surface area contributed by atoms with Gasteiger partial charge in [0.05, 0.1) is 12.0 Å². The van der Waals surface area contributed by atoms with Crippen LogP contribution < -0.4 is 5.32 Å². The molecule has 0 unspecified atom stereocenters. The molecule has 2 aromatic rings. The van der Waals surface area contributed by atoms with Crippen LogP contribution >= 0.6 is 0 Å². The standard InChI is InChI=1S/C26H28N2O6/c29-24(28-12-9-16(10-13-28)25(30)31)23-22(11-14-33-23)27-26(32)34-15-21-19-7-3-1-5-17(19)18-6-2-4-8-20(18)21/h1-8,16,21-23H,9-15H2,(H,27,32)(H,30,31)/t22-,23+/m1/s1. The third kappa shape index (κ3) is 4.25. The molecule has 0 spiro atoms. The summed E-state index contributed by atoms with van der Waals surface area (Å²) in [5, 5.41) is 12.0. The molecule has 2 N–H and O–H groups in total. The molecule has 2 atom stereocenters. The van der Waals surface area contributed by atoms with Crippen molar-refractivity contribution in [3.8, 4) is 11.1 Å². The molecule has 178 valence electrons. The fourth-order valence-electron chi connectivity index (χ4n) is 5.30. The van der Waals surface area contributed by atoms with E-state index in [0.717, 1.165) is 22.3 Å². The summed E-state index contributed by atoms with van der Waals surface area (Å²) in [5.74, 6) is -1.47. The van der Waals surface area contributed by atoms with E-state index in [-0.39, 0.29) is 18.4 Å². The van der Waals surface area contributed by atoms with Gasteiger partial charge in [-0.1, -0.05) is 48.5 Å². The van der Waals surface area contributed by atoms with Gasteiger partial charge in [-0.05, 0) is 41.5 Å². The van der Waals surface area contributed by atoms with Crippen LogP contribution in [0.15, 0.2) is 48.5 Å². The molecule has 8 nitrogen and oxygen atoms in total. The zero-order valence-corrected chi connectivity index (χ0v) is 18.8. The third-order valence-corrected chi connectivity index (χ3v) is 7.14. The molecule has 1 aliphatic carbocycles.